The number of nitrogens with zero attached hydrogens (tertiary/aromatic N) is 3. The SMILES string of the molecule is N#CC(C#N)=Cc1ccc(N2c3ccccc3C=Cc3ccccc32)cc1. The van der Waals surface area contributed by atoms with Gasteiger partial charge in [-0.05, 0) is 47.0 Å². The van der Waals surface area contributed by atoms with Crippen LogP contribution in [0.3, 0.4) is 0 Å². The zero-order valence-electron chi connectivity index (χ0n) is 14.5. The molecule has 0 saturated heterocycles. The van der Waals surface area contributed by atoms with E-state index < -0.39 is 0 Å². The highest BCUT2D eigenvalue weighted by Gasteiger charge is 2.19. The summed E-state index contributed by atoms with van der Waals surface area (Å²) in [6.45, 7) is 0. The Bertz CT molecular complexity index is 1070. The summed E-state index contributed by atoms with van der Waals surface area (Å²) in [5.41, 5.74) is 6.45. The van der Waals surface area contributed by atoms with Crippen molar-refractivity contribution in [2.24, 2.45) is 0 Å². The molecular formula is C24H15N3. The third-order valence-corrected chi connectivity index (χ3v) is 4.50. The second-order valence-electron chi connectivity index (χ2n) is 6.16. The minimum atomic E-state index is 0.0948. The van der Waals surface area contributed by atoms with Crippen LogP contribution in [-0.2, 0) is 0 Å². The second kappa shape index (κ2) is 7.04. The number of hydrogen-bond acceptors (Lipinski definition) is 3. The average Bonchev–Trinajstić information content (AvgIpc) is 2.89. The van der Waals surface area contributed by atoms with Gasteiger partial charge in [-0.25, -0.2) is 0 Å². The standard InChI is InChI=1S/C24H15N3/c25-16-19(17-26)15-18-9-13-22(14-10-18)27-23-7-3-1-5-20(23)11-12-21-6-2-4-8-24(21)27/h1-15H. The summed E-state index contributed by atoms with van der Waals surface area (Å²) < 4.78 is 0. The summed E-state index contributed by atoms with van der Waals surface area (Å²) in [5, 5.41) is 17.9. The van der Waals surface area contributed by atoms with E-state index in [2.05, 4.69) is 41.3 Å². The Morgan fingerprint density at radius 3 is 1.74 bits per heavy atom. The first-order chi connectivity index (χ1) is 13.3. The summed E-state index contributed by atoms with van der Waals surface area (Å²) >= 11 is 0. The fraction of sp³-hybridized carbons (Fsp3) is 0. The Labute approximate surface area is 158 Å². The average molecular weight is 345 g/mol. The summed E-state index contributed by atoms with van der Waals surface area (Å²) in [7, 11) is 0. The molecule has 0 fully saturated rings. The Hall–Kier alpha value is -4.08. The van der Waals surface area contributed by atoms with Crippen LogP contribution in [0.15, 0.2) is 78.4 Å². The third kappa shape index (κ3) is 3.11. The van der Waals surface area contributed by atoms with E-state index in [-0.39, 0.29) is 5.57 Å². The molecule has 3 aromatic carbocycles. The van der Waals surface area contributed by atoms with Crippen LogP contribution in [0.1, 0.15) is 16.7 Å². The molecule has 3 nitrogen and oxygen atoms in total. The quantitative estimate of drug-likeness (QED) is 0.414. The van der Waals surface area contributed by atoms with Crippen molar-refractivity contribution in [2.75, 3.05) is 4.90 Å². The van der Waals surface area contributed by atoms with Crippen molar-refractivity contribution in [1.29, 1.82) is 10.5 Å². The topological polar surface area (TPSA) is 50.8 Å². The second-order valence-corrected chi connectivity index (χ2v) is 6.16. The van der Waals surface area contributed by atoms with Gasteiger partial charge in [0.05, 0.1) is 11.4 Å². The Morgan fingerprint density at radius 2 is 1.22 bits per heavy atom. The van der Waals surface area contributed by atoms with E-state index in [9.17, 15) is 0 Å². The summed E-state index contributed by atoms with van der Waals surface area (Å²) in [6.07, 6.45) is 5.87. The zero-order chi connectivity index (χ0) is 18.6. The van der Waals surface area contributed by atoms with E-state index in [1.165, 1.54) is 0 Å². The molecular weight excluding hydrogens is 330 g/mol. The first-order valence-electron chi connectivity index (χ1n) is 8.58. The molecule has 0 bridgehead atoms. The van der Waals surface area contributed by atoms with Crippen LogP contribution >= 0.6 is 0 Å². The highest BCUT2D eigenvalue weighted by atomic mass is 15.1. The monoisotopic (exact) mass is 345 g/mol. The van der Waals surface area contributed by atoms with Gasteiger partial charge in [0, 0.05) is 5.69 Å². The van der Waals surface area contributed by atoms with Crippen molar-refractivity contribution in [3.05, 3.63) is 95.1 Å². The number of para-hydroxylation sites is 2. The van der Waals surface area contributed by atoms with Gasteiger partial charge in [0.2, 0.25) is 0 Å². The van der Waals surface area contributed by atoms with Crippen LogP contribution in [0.4, 0.5) is 17.1 Å². The first kappa shape index (κ1) is 16.4. The molecule has 0 amide bonds. The maximum absolute atomic E-state index is 8.94. The first-order valence-corrected chi connectivity index (χ1v) is 8.58. The van der Waals surface area contributed by atoms with Gasteiger partial charge in [-0.2, -0.15) is 10.5 Å². The van der Waals surface area contributed by atoms with E-state index in [1.54, 1.807) is 6.08 Å². The molecule has 0 spiro atoms. The minimum Gasteiger partial charge on any atom is -0.309 e. The van der Waals surface area contributed by atoms with Crippen LogP contribution < -0.4 is 4.90 Å². The van der Waals surface area contributed by atoms with Crippen molar-refractivity contribution in [2.45, 2.75) is 0 Å². The van der Waals surface area contributed by atoms with Gasteiger partial charge < -0.3 is 4.90 Å². The fourth-order valence-electron chi connectivity index (χ4n) is 3.23. The number of fused-ring (bicyclic) bond motifs is 2. The van der Waals surface area contributed by atoms with Gasteiger partial charge in [0.1, 0.15) is 17.7 Å². The van der Waals surface area contributed by atoms with Crippen molar-refractivity contribution in [3.8, 4) is 12.1 Å². The molecule has 3 aromatic rings. The maximum Gasteiger partial charge on any atom is 0.130 e. The van der Waals surface area contributed by atoms with Crippen LogP contribution in [0.25, 0.3) is 18.2 Å². The van der Waals surface area contributed by atoms with E-state index in [0.29, 0.717) is 0 Å². The zero-order valence-corrected chi connectivity index (χ0v) is 14.5. The molecule has 0 N–H and O–H groups in total. The largest absolute Gasteiger partial charge is 0.309 e. The van der Waals surface area contributed by atoms with Gasteiger partial charge in [0.15, 0.2) is 0 Å². The molecule has 27 heavy (non-hydrogen) atoms. The normalized spacial score (nSPS) is 11.4. The fourth-order valence-corrected chi connectivity index (χ4v) is 3.23. The molecule has 126 valence electrons. The number of allylic oxidation sites excluding steroid dienone is 1. The lowest BCUT2D eigenvalue weighted by molar-refractivity contribution is 1.28. The van der Waals surface area contributed by atoms with Gasteiger partial charge >= 0.3 is 0 Å². The van der Waals surface area contributed by atoms with E-state index in [0.717, 1.165) is 33.8 Å². The number of nitriles is 2. The molecule has 1 aliphatic rings. The predicted octanol–water partition coefficient (Wildman–Crippen LogP) is 6.07. The van der Waals surface area contributed by atoms with Crippen LogP contribution in [0.2, 0.25) is 0 Å². The molecule has 0 saturated carbocycles. The number of benzene rings is 3. The molecule has 0 aromatic heterocycles. The van der Waals surface area contributed by atoms with Crippen molar-refractivity contribution < 1.29 is 0 Å². The van der Waals surface area contributed by atoms with Crippen LogP contribution in [0.5, 0.6) is 0 Å². The lowest BCUT2D eigenvalue weighted by Crippen LogP contribution is -2.11. The van der Waals surface area contributed by atoms with Crippen molar-refractivity contribution >= 4 is 35.3 Å². The Balaban J connectivity index is 1.84. The Kier molecular flexibility index (Phi) is 4.27. The minimum absolute atomic E-state index is 0.0948. The highest BCUT2D eigenvalue weighted by molar-refractivity contribution is 5.93. The van der Waals surface area contributed by atoms with E-state index in [1.807, 2.05) is 60.7 Å². The lowest BCUT2D eigenvalue weighted by atomic mass is 10.1. The summed E-state index contributed by atoms with van der Waals surface area (Å²) in [5.74, 6) is 0. The van der Waals surface area contributed by atoms with E-state index >= 15 is 0 Å². The molecule has 4 rings (SSSR count). The van der Waals surface area contributed by atoms with Gasteiger partial charge in [-0.3, -0.25) is 0 Å². The van der Waals surface area contributed by atoms with Crippen LogP contribution in [0, 0.1) is 22.7 Å². The lowest BCUT2D eigenvalue weighted by Gasteiger charge is -2.27. The molecule has 3 heteroatoms. The number of rotatable bonds is 2. The molecule has 1 heterocycles. The number of hydrogen-bond donors (Lipinski definition) is 0. The smallest absolute Gasteiger partial charge is 0.130 e. The molecule has 0 aliphatic carbocycles. The maximum atomic E-state index is 8.94. The predicted molar refractivity (Wildman–Crippen MR) is 109 cm³/mol. The van der Waals surface area contributed by atoms with Gasteiger partial charge in [0.25, 0.3) is 0 Å². The van der Waals surface area contributed by atoms with Gasteiger partial charge in [-0.15, -0.1) is 0 Å². The van der Waals surface area contributed by atoms with Gasteiger partial charge in [-0.1, -0.05) is 60.7 Å². The van der Waals surface area contributed by atoms with Crippen molar-refractivity contribution in [3.63, 3.8) is 0 Å². The summed E-state index contributed by atoms with van der Waals surface area (Å²) in [4.78, 5) is 2.23. The Morgan fingerprint density at radius 1 is 0.704 bits per heavy atom. The molecule has 0 unspecified atom stereocenters. The highest BCUT2D eigenvalue weighted by Crippen LogP contribution is 2.41. The number of anilines is 3. The molecule has 0 radical (unpaired) electrons. The third-order valence-electron chi connectivity index (χ3n) is 4.50. The molecule has 1 aliphatic heterocycles. The van der Waals surface area contributed by atoms with Crippen molar-refractivity contribution in [1.82, 2.24) is 0 Å². The van der Waals surface area contributed by atoms with E-state index in [4.69, 9.17) is 10.5 Å². The summed E-state index contributed by atoms with van der Waals surface area (Å²) in [6, 6.07) is 28.2. The van der Waals surface area contributed by atoms with Crippen LogP contribution in [-0.4, -0.2) is 0 Å². The molecule has 0 atom stereocenters.